The Morgan fingerprint density at radius 3 is 2.40 bits per heavy atom. The highest BCUT2D eigenvalue weighted by Crippen LogP contribution is 2.70. The van der Waals surface area contributed by atoms with E-state index in [9.17, 15) is 27.6 Å². The smallest absolute Gasteiger partial charge is 0.432 e. The van der Waals surface area contributed by atoms with Gasteiger partial charge in [-0.25, -0.2) is 4.98 Å². The molecule has 0 spiro atoms. The number of allylic oxidation sites excluding steroid dienone is 1. The summed E-state index contributed by atoms with van der Waals surface area (Å²) in [4.78, 5) is 47.4. The molecule has 1 aliphatic heterocycles. The lowest BCUT2D eigenvalue weighted by Gasteiger charge is -2.65. The molecule has 0 radical (unpaired) electrons. The Morgan fingerprint density at radius 2 is 1.76 bits per heavy atom. The van der Waals surface area contributed by atoms with Gasteiger partial charge in [-0.05, 0) is 144 Å². The van der Waals surface area contributed by atoms with Crippen LogP contribution >= 0.6 is 0 Å². The number of hydrogen-bond donors (Lipinski definition) is 1. The van der Waals surface area contributed by atoms with Gasteiger partial charge in [0.2, 0.25) is 5.91 Å². The van der Waals surface area contributed by atoms with Crippen LogP contribution in [0.4, 0.5) is 13.2 Å². The van der Waals surface area contributed by atoms with Crippen molar-refractivity contribution < 1.29 is 32.3 Å². The van der Waals surface area contributed by atoms with Crippen LogP contribution in [0.25, 0.3) is 0 Å². The van der Waals surface area contributed by atoms with Gasteiger partial charge in [-0.1, -0.05) is 54.0 Å². The van der Waals surface area contributed by atoms with Crippen molar-refractivity contribution in [3.05, 3.63) is 30.4 Å². The molecule has 1 aromatic heterocycles. The van der Waals surface area contributed by atoms with Crippen molar-refractivity contribution in [3.8, 4) is 0 Å². The lowest BCUT2D eigenvalue weighted by atomic mass is 9.39. The van der Waals surface area contributed by atoms with Gasteiger partial charge in [0.05, 0.1) is 29.7 Å². The van der Waals surface area contributed by atoms with Crippen LogP contribution in [-0.2, 0) is 25.3 Å². The molecule has 7 nitrogen and oxygen atoms in total. The van der Waals surface area contributed by atoms with Gasteiger partial charge >= 0.3 is 12.1 Å². The Morgan fingerprint density at radius 1 is 1.05 bits per heavy atom. The van der Waals surface area contributed by atoms with Crippen molar-refractivity contribution in [2.75, 3.05) is 6.54 Å². The molecule has 10 heteroatoms. The summed E-state index contributed by atoms with van der Waals surface area (Å²) in [6.07, 6.45) is 12.4. The van der Waals surface area contributed by atoms with Crippen LogP contribution in [0.1, 0.15) is 163 Å². The SMILES string of the molecule is C=CC.CC.CC(CCC1(C)C(C)CCC2(C)C3CCC4(C(=O)N5CCCC5c5ncc(C(F)(F)F)[nH]5)CCCC4C3CCC12)OC(=O)C1CC(C=O)C1C. The van der Waals surface area contributed by atoms with Gasteiger partial charge in [0.1, 0.15) is 17.8 Å². The fourth-order valence-corrected chi connectivity index (χ4v) is 13.0. The number of carbonyl (C=O) groups is 3. The molecule has 310 valence electrons. The van der Waals surface area contributed by atoms with Crippen molar-refractivity contribution >= 4 is 18.2 Å². The molecular formula is C45H70F3N3O4. The number of ether oxygens (including phenoxy) is 1. The number of nitrogens with one attached hydrogen (secondary N) is 1. The van der Waals surface area contributed by atoms with Gasteiger partial charge in [-0.15, -0.1) is 6.58 Å². The predicted octanol–water partition coefficient (Wildman–Crippen LogP) is 11.2. The summed E-state index contributed by atoms with van der Waals surface area (Å²) in [6.45, 7) is 21.3. The van der Waals surface area contributed by atoms with Gasteiger partial charge in [0, 0.05) is 12.5 Å². The van der Waals surface area contributed by atoms with Crippen molar-refractivity contribution in [2.45, 2.75) is 164 Å². The second-order valence-corrected chi connectivity index (χ2v) is 18.6. The number of halogens is 3. The average Bonchev–Trinajstić information content (AvgIpc) is 3.93. The molecule has 6 fully saturated rings. The zero-order chi connectivity index (χ0) is 40.5. The van der Waals surface area contributed by atoms with E-state index in [-0.39, 0.29) is 52.4 Å². The molecule has 0 bridgehead atoms. The average molecular weight is 774 g/mol. The zero-order valence-electron chi connectivity index (χ0n) is 35.0. The summed E-state index contributed by atoms with van der Waals surface area (Å²) in [7, 11) is 0. The second kappa shape index (κ2) is 17.1. The molecule has 55 heavy (non-hydrogen) atoms. The van der Waals surface area contributed by atoms with E-state index < -0.39 is 23.3 Å². The normalized spacial score (nSPS) is 39.7. The lowest BCUT2D eigenvalue weighted by Crippen LogP contribution is -2.60. The highest BCUT2D eigenvalue weighted by Gasteiger charge is 2.65. The van der Waals surface area contributed by atoms with Gasteiger partial charge in [-0.2, -0.15) is 13.2 Å². The lowest BCUT2D eigenvalue weighted by molar-refractivity contribution is -0.179. The van der Waals surface area contributed by atoms with E-state index in [1.54, 1.807) is 6.08 Å². The summed E-state index contributed by atoms with van der Waals surface area (Å²) in [6, 6.07) is -0.423. The van der Waals surface area contributed by atoms with Gasteiger partial charge in [0.15, 0.2) is 0 Å². The largest absolute Gasteiger partial charge is 0.462 e. The van der Waals surface area contributed by atoms with Crippen LogP contribution < -0.4 is 0 Å². The summed E-state index contributed by atoms with van der Waals surface area (Å²) in [5.74, 6) is 2.67. The Hall–Kier alpha value is -2.65. The van der Waals surface area contributed by atoms with Crippen molar-refractivity contribution in [3.63, 3.8) is 0 Å². The predicted molar refractivity (Wildman–Crippen MR) is 209 cm³/mol. The van der Waals surface area contributed by atoms with Crippen LogP contribution in [0, 0.1) is 63.6 Å². The molecule has 5 aliphatic carbocycles. The number of nitrogens with zero attached hydrogens (tertiary/aromatic N) is 2. The Labute approximate surface area is 328 Å². The third-order valence-corrected chi connectivity index (χ3v) is 16.1. The molecule has 1 N–H and O–H groups in total. The van der Waals surface area contributed by atoms with E-state index in [2.05, 4.69) is 37.3 Å². The van der Waals surface area contributed by atoms with Crippen LogP contribution in [0.3, 0.4) is 0 Å². The molecule has 1 amide bonds. The number of fused-ring (bicyclic) bond motifs is 5. The molecule has 13 atom stereocenters. The third-order valence-electron chi connectivity index (χ3n) is 16.1. The molecule has 2 heterocycles. The minimum atomic E-state index is -4.49. The van der Waals surface area contributed by atoms with E-state index in [0.717, 1.165) is 76.7 Å². The van der Waals surface area contributed by atoms with E-state index in [1.807, 2.05) is 39.5 Å². The van der Waals surface area contributed by atoms with Crippen molar-refractivity contribution in [1.82, 2.24) is 14.9 Å². The molecule has 1 aromatic rings. The fraction of sp³-hybridized carbons (Fsp3) is 0.822. The number of likely N-dealkylation sites (tertiary alicyclic amines) is 1. The maximum Gasteiger partial charge on any atom is 0.432 e. The van der Waals surface area contributed by atoms with E-state index >= 15 is 0 Å². The van der Waals surface area contributed by atoms with Gasteiger partial charge in [0.25, 0.3) is 0 Å². The number of imidazole rings is 1. The Bertz CT molecular complexity index is 1510. The van der Waals surface area contributed by atoms with E-state index in [1.165, 1.54) is 12.8 Å². The number of aromatic nitrogens is 2. The van der Waals surface area contributed by atoms with Crippen LogP contribution in [0.5, 0.6) is 0 Å². The van der Waals surface area contributed by atoms with E-state index in [0.29, 0.717) is 49.0 Å². The maximum absolute atomic E-state index is 14.7. The summed E-state index contributed by atoms with van der Waals surface area (Å²) in [5.41, 5.74) is -0.950. The van der Waals surface area contributed by atoms with Crippen molar-refractivity contribution in [2.24, 2.45) is 63.6 Å². The number of esters is 1. The van der Waals surface area contributed by atoms with Crippen LogP contribution in [0.2, 0.25) is 0 Å². The number of hydrogen-bond acceptors (Lipinski definition) is 5. The molecule has 6 aliphatic rings. The minimum absolute atomic E-state index is 0.0287. The van der Waals surface area contributed by atoms with Gasteiger partial charge < -0.3 is 19.4 Å². The third kappa shape index (κ3) is 7.83. The molecular weight excluding hydrogens is 704 g/mol. The number of aromatic amines is 1. The first-order valence-electron chi connectivity index (χ1n) is 21.7. The molecule has 5 saturated carbocycles. The Kier molecular flexibility index (Phi) is 13.5. The van der Waals surface area contributed by atoms with Crippen LogP contribution in [-0.4, -0.2) is 45.7 Å². The number of carbonyl (C=O) groups excluding carboxylic acids is 3. The molecule has 1 saturated heterocycles. The number of aldehydes is 1. The summed E-state index contributed by atoms with van der Waals surface area (Å²) >= 11 is 0. The topological polar surface area (TPSA) is 92.4 Å². The van der Waals surface area contributed by atoms with Crippen LogP contribution in [0.15, 0.2) is 18.9 Å². The second-order valence-electron chi connectivity index (χ2n) is 18.6. The maximum atomic E-state index is 14.7. The molecule has 7 rings (SSSR count). The quantitative estimate of drug-likeness (QED) is 0.161. The van der Waals surface area contributed by atoms with Gasteiger partial charge in [-0.3, -0.25) is 9.59 Å². The number of rotatable bonds is 8. The number of H-pyrrole nitrogens is 1. The Balaban J connectivity index is 0.00000111. The number of alkyl halides is 3. The number of amides is 1. The first-order chi connectivity index (χ1) is 26.0. The van der Waals surface area contributed by atoms with E-state index in [4.69, 9.17) is 4.74 Å². The monoisotopic (exact) mass is 774 g/mol. The van der Waals surface area contributed by atoms with Crippen molar-refractivity contribution in [1.29, 1.82) is 0 Å². The molecule has 0 aromatic carbocycles. The summed E-state index contributed by atoms with van der Waals surface area (Å²) in [5, 5.41) is 0. The first kappa shape index (κ1) is 43.5. The standard InChI is InChI=1S/C40H58F3N3O4.C3H6.C2H6/c1-23-12-16-38(5)29-14-18-39(36(49)46-19-7-9-31(46)34-44-21-33(45-34)40(41,42)43)15-6-8-30(39)27(29)10-11-32(38)37(23,4)17-13-24(2)50-35(48)28-20-26(22-47)25(28)3;1-3-2;1-2/h21-32H,6-20H2,1-5H3,(H,44,45);3H,1H2,2H3;1-2H3. The highest BCUT2D eigenvalue weighted by molar-refractivity contribution is 5.84. The fourth-order valence-electron chi connectivity index (χ4n) is 13.0. The first-order valence-corrected chi connectivity index (χ1v) is 21.7. The summed E-state index contributed by atoms with van der Waals surface area (Å²) < 4.78 is 46.2. The highest BCUT2D eigenvalue weighted by atomic mass is 19.4. The molecule has 13 unspecified atom stereocenters. The zero-order valence-corrected chi connectivity index (χ0v) is 35.0. The minimum Gasteiger partial charge on any atom is -0.462 e.